The van der Waals surface area contributed by atoms with Crippen LogP contribution < -0.4 is 20.1 Å². The summed E-state index contributed by atoms with van der Waals surface area (Å²) in [6.07, 6.45) is 5.91. The van der Waals surface area contributed by atoms with E-state index in [4.69, 9.17) is 14.5 Å². The summed E-state index contributed by atoms with van der Waals surface area (Å²) in [6, 6.07) is 6.50. The molecule has 1 aliphatic rings. The Hall–Kier alpha value is -1.56. The van der Waals surface area contributed by atoms with Gasteiger partial charge in [-0.2, -0.15) is 11.8 Å². The van der Waals surface area contributed by atoms with Crippen LogP contribution in [0.4, 0.5) is 0 Å². The highest BCUT2D eigenvalue weighted by molar-refractivity contribution is 7.99. The first-order valence-corrected chi connectivity index (χ1v) is 10.4. The van der Waals surface area contributed by atoms with Gasteiger partial charge in [0, 0.05) is 17.8 Å². The quantitative estimate of drug-likeness (QED) is 0.546. The number of methoxy groups -OCH3 is 1. The maximum absolute atomic E-state index is 5.65. The van der Waals surface area contributed by atoms with Crippen molar-refractivity contribution in [1.82, 2.24) is 10.6 Å². The molecule has 1 saturated carbocycles. The Morgan fingerprint density at radius 3 is 2.76 bits per heavy atom. The minimum absolute atomic E-state index is 0.519. The molecule has 25 heavy (non-hydrogen) atoms. The van der Waals surface area contributed by atoms with Crippen LogP contribution in [-0.2, 0) is 6.54 Å². The van der Waals surface area contributed by atoms with Gasteiger partial charge in [-0.1, -0.05) is 6.07 Å². The van der Waals surface area contributed by atoms with Gasteiger partial charge in [0.25, 0.3) is 0 Å². The fourth-order valence-electron chi connectivity index (χ4n) is 3.06. The van der Waals surface area contributed by atoms with Crippen LogP contribution in [0.15, 0.2) is 23.2 Å². The smallest absolute Gasteiger partial charge is 0.191 e. The van der Waals surface area contributed by atoms with E-state index in [2.05, 4.69) is 23.8 Å². The summed E-state index contributed by atoms with van der Waals surface area (Å²) in [5.74, 6) is 2.42. The van der Waals surface area contributed by atoms with E-state index in [1.54, 1.807) is 7.11 Å². The van der Waals surface area contributed by atoms with Gasteiger partial charge in [0.2, 0.25) is 0 Å². The van der Waals surface area contributed by atoms with E-state index < -0.39 is 0 Å². The molecule has 6 heteroatoms. The number of benzene rings is 1. The highest BCUT2D eigenvalue weighted by Crippen LogP contribution is 2.29. The second kappa shape index (κ2) is 10.4. The minimum atomic E-state index is 0.519. The van der Waals surface area contributed by atoms with Crippen LogP contribution in [0.25, 0.3) is 0 Å². The molecule has 0 heterocycles. The van der Waals surface area contributed by atoms with E-state index in [-0.39, 0.29) is 0 Å². The monoisotopic (exact) mass is 365 g/mol. The lowest BCUT2D eigenvalue weighted by Gasteiger charge is -2.17. The molecule has 1 aliphatic carbocycles. The predicted molar refractivity (Wildman–Crippen MR) is 107 cm³/mol. The van der Waals surface area contributed by atoms with E-state index >= 15 is 0 Å². The van der Waals surface area contributed by atoms with Gasteiger partial charge < -0.3 is 20.1 Å². The van der Waals surface area contributed by atoms with Gasteiger partial charge in [-0.3, -0.25) is 0 Å². The first-order valence-electron chi connectivity index (χ1n) is 9.07. The van der Waals surface area contributed by atoms with Gasteiger partial charge in [0.15, 0.2) is 17.5 Å². The van der Waals surface area contributed by atoms with Gasteiger partial charge in [0.05, 0.1) is 20.3 Å². The summed E-state index contributed by atoms with van der Waals surface area (Å²) in [4.78, 5) is 4.75. The van der Waals surface area contributed by atoms with Crippen molar-refractivity contribution in [3.05, 3.63) is 23.8 Å². The van der Waals surface area contributed by atoms with Crippen LogP contribution in [0.1, 0.15) is 38.7 Å². The first-order chi connectivity index (χ1) is 12.2. The standard InChI is InChI=1S/C19H31N3O2S/c1-5-20-19(22-15-8-9-16(12-15)25-4)21-13-14-7-10-17(23-3)18(11-14)24-6-2/h7,10-11,15-16H,5-6,8-9,12-13H2,1-4H3,(H2,20,21,22). The molecule has 2 unspecified atom stereocenters. The molecule has 2 rings (SSSR count). The average molecular weight is 366 g/mol. The van der Waals surface area contributed by atoms with E-state index in [1.165, 1.54) is 19.3 Å². The Bertz CT molecular complexity index is 566. The van der Waals surface area contributed by atoms with Crippen LogP contribution in [0.2, 0.25) is 0 Å². The van der Waals surface area contributed by atoms with Crippen molar-refractivity contribution in [3.8, 4) is 11.5 Å². The van der Waals surface area contributed by atoms with Crippen molar-refractivity contribution in [2.75, 3.05) is 26.5 Å². The number of ether oxygens (including phenoxy) is 2. The normalized spacial score (nSPS) is 20.4. The van der Waals surface area contributed by atoms with Gasteiger partial charge >= 0.3 is 0 Å². The molecular formula is C19H31N3O2S. The Kier molecular flexibility index (Phi) is 8.25. The Morgan fingerprint density at radius 1 is 1.28 bits per heavy atom. The van der Waals surface area contributed by atoms with Crippen molar-refractivity contribution in [1.29, 1.82) is 0 Å². The zero-order valence-electron chi connectivity index (χ0n) is 15.8. The number of hydrogen-bond donors (Lipinski definition) is 2. The maximum Gasteiger partial charge on any atom is 0.191 e. The van der Waals surface area contributed by atoms with Crippen molar-refractivity contribution in [2.24, 2.45) is 4.99 Å². The molecule has 2 atom stereocenters. The third-order valence-electron chi connectivity index (χ3n) is 4.35. The fraction of sp³-hybridized carbons (Fsp3) is 0.632. The molecule has 0 saturated heterocycles. The van der Waals surface area contributed by atoms with Crippen molar-refractivity contribution >= 4 is 17.7 Å². The van der Waals surface area contributed by atoms with Crippen molar-refractivity contribution < 1.29 is 9.47 Å². The summed E-state index contributed by atoms with van der Waals surface area (Å²) in [6.45, 7) is 6.15. The Labute approximate surface area is 156 Å². The largest absolute Gasteiger partial charge is 0.493 e. The van der Waals surface area contributed by atoms with Crippen LogP contribution in [-0.4, -0.2) is 43.8 Å². The topological polar surface area (TPSA) is 54.9 Å². The van der Waals surface area contributed by atoms with E-state index in [1.807, 2.05) is 36.9 Å². The lowest BCUT2D eigenvalue weighted by Crippen LogP contribution is -2.42. The summed E-state index contributed by atoms with van der Waals surface area (Å²) in [5.41, 5.74) is 1.11. The summed E-state index contributed by atoms with van der Waals surface area (Å²) in [7, 11) is 1.66. The number of guanidine groups is 1. The van der Waals surface area contributed by atoms with Crippen molar-refractivity contribution in [3.63, 3.8) is 0 Å². The fourth-order valence-corrected chi connectivity index (χ4v) is 3.85. The number of nitrogens with one attached hydrogen (secondary N) is 2. The van der Waals surface area contributed by atoms with Gasteiger partial charge in [-0.25, -0.2) is 4.99 Å². The number of nitrogens with zero attached hydrogens (tertiary/aromatic N) is 1. The number of hydrogen-bond acceptors (Lipinski definition) is 4. The molecule has 0 aliphatic heterocycles. The summed E-state index contributed by atoms with van der Waals surface area (Å²) in [5, 5.41) is 7.71. The molecule has 0 amide bonds. The molecular weight excluding hydrogens is 334 g/mol. The van der Waals surface area contributed by atoms with E-state index in [0.29, 0.717) is 19.2 Å². The second-order valence-electron chi connectivity index (χ2n) is 6.13. The SMILES string of the molecule is CCNC(=NCc1ccc(OC)c(OCC)c1)NC1CCC(SC)C1. The highest BCUT2D eigenvalue weighted by atomic mass is 32.2. The number of thioether (sulfide) groups is 1. The molecule has 140 valence electrons. The third-order valence-corrected chi connectivity index (χ3v) is 5.45. The average Bonchev–Trinajstić information content (AvgIpc) is 3.08. The van der Waals surface area contributed by atoms with Gasteiger partial charge in [0.1, 0.15) is 0 Å². The van der Waals surface area contributed by atoms with Crippen molar-refractivity contribution in [2.45, 2.75) is 50.9 Å². The zero-order valence-corrected chi connectivity index (χ0v) is 16.6. The lowest BCUT2D eigenvalue weighted by molar-refractivity contribution is 0.310. The molecule has 0 radical (unpaired) electrons. The molecule has 0 aromatic heterocycles. The first kappa shape index (κ1) is 19.8. The maximum atomic E-state index is 5.65. The Balaban J connectivity index is 2.01. The van der Waals surface area contributed by atoms with Crippen LogP contribution in [0, 0.1) is 0 Å². The number of rotatable bonds is 8. The predicted octanol–water partition coefficient (Wildman–Crippen LogP) is 3.43. The Morgan fingerprint density at radius 2 is 2.12 bits per heavy atom. The summed E-state index contributed by atoms with van der Waals surface area (Å²) >= 11 is 1.97. The van der Waals surface area contributed by atoms with Gasteiger partial charge in [-0.15, -0.1) is 0 Å². The van der Waals surface area contributed by atoms with E-state index in [9.17, 15) is 0 Å². The van der Waals surface area contributed by atoms with Crippen LogP contribution >= 0.6 is 11.8 Å². The molecule has 5 nitrogen and oxygen atoms in total. The van der Waals surface area contributed by atoms with Crippen LogP contribution in [0.5, 0.6) is 11.5 Å². The molecule has 1 aromatic rings. The second-order valence-corrected chi connectivity index (χ2v) is 7.26. The minimum Gasteiger partial charge on any atom is -0.493 e. The lowest BCUT2D eigenvalue weighted by atomic mass is 10.2. The highest BCUT2D eigenvalue weighted by Gasteiger charge is 2.24. The van der Waals surface area contributed by atoms with E-state index in [0.717, 1.165) is 34.8 Å². The molecule has 1 aromatic carbocycles. The summed E-state index contributed by atoms with van der Waals surface area (Å²) < 4.78 is 11.0. The molecule has 0 spiro atoms. The zero-order chi connectivity index (χ0) is 18.1. The molecule has 0 bridgehead atoms. The third kappa shape index (κ3) is 6.03. The molecule has 2 N–H and O–H groups in total. The number of aliphatic imine (C=N–C) groups is 1. The van der Waals surface area contributed by atoms with Crippen LogP contribution in [0.3, 0.4) is 0 Å². The molecule has 1 fully saturated rings. The van der Waals surface area contributed by atoms with Gasteiger partial charge in [-0.05, 0) is 57.1 Å².